The molecule has 0 spiro atoms. The topological polar surface area (TPSA) is 67.2 Å². The zero-order valence-corrected chi connectivity index (χ0v) is 12.4. The van der Waals surface area contributed by atoms with Crippen LogP contribution in [-0.2, 0) is 16.1 Å². The van der Waals surface area contributed by atoms with Crippen LogP contribution in [0.4, 0.5) is 0 Å². The van der Waals surface area contributed by atoms with Crippen LogP contribution in [0.25, 0.3) is 0 Å². The van der Waals surface area contributed by atoms with Gasteiger partial charge in [0.1, 0.15) is 0 Å². The van der Waals surface area contributed by atoms with Crippen molar-refractivity contribution in [2.24, 2.45) is 5.92 Å². The van der Waals surface area contributed by atoms with E-state index in [-0.39, 0.29) is 17.7 Å². The normalized spacial score (nSPS) is 22.4. The molecule has 2 fully saturated rings. The highest BCUT2D eigenvalue weighted by Crippen LogP contribution is 2.31. The minimum absolute atomic E-state index is 0.0531. The number of aryl methyl sites for hydroxylation is 1. The van der Waals surface area contributed by atoms with Gasteiger partial charge in [0.25, 0.3) is 0 Å². The molecule has 6 nitrogen and oxygen atoms in total. The molecule has 0 aromatic carbocycles. The van der Waals surface area contributed by atoms with Crippen molar-refractivity contribution in [2.75, 3.05) is 13.1 Å². The first-order valence-electron chi connectivity index (χ1n) is 7.70. The SMILES string of the molecule is Cc1cnn(CCNC(=O)[C@@H]2CCC(=O)N(C3CC3)C2)c1. The predicted molar refractivity (Wildman–Crippen MR) is 77.4 cm³/mol. The molecule has 0 bridgehead atoms. The molecule has 3 rings (SSSR count). The first-order valence-corrected chi connectivity index (χ1v) is 7.70. The Hall–Kier alpha value is -1.85. The van der Waals surface area contributed by atoms with Crippen molar-refractivity contribution < 1.29 is 9.59 Å². The lowest BCUT2D eigenvalue weighted by atomic mass is 9.96. The Morgan fingerprint density at radius 1 is 1.43 bits per heavy atom. The molecule has 1 aromatic heterocycles. The summed E-state index contributed by atoms with van der Waals surface area (Å²) in [6.45, 7) is 3.84. The molecule has 0 radical (unpaired) electrons. The van der Waals surface area contributed by atoms with Gasteiger partial charge in [-0.15, -0.1) is 0 Å². The van der Waals surface area contributed by atoms with Gasteiger partial charge in [0.2, 0.25) is 11.8 Å². The first kappa shape index (κ1) is 14.1. The van der Waals surface area contributed by atoms with Crippen LogP contribution in [-0.4, -0.2) is 45.6 Å². The third kappa shape index (κ3) is 3.43. The monoisotopic (exact) mass is 290 g/mol. The Morgan fingerprint density at radius 3 is 2.90 bits per heavy atom. The highest BCUT2D eigenvalue weighted by molar-refractivity contribution is 5.84. The summed E-state index contributed by atoms with van der Waals surface area (Å²) in [5.41, 5.74) is 1.12. The summed E-state index contributed by atoms with van der Waals surface area (Å²) < 4.78 is 1.83. The fourth-order valence-electron chi connectivity index (χ4n) is 2.85. The average molecular weight is 290 g/mol. The van der Waals surface area contributed by atoms with Crippen LogP contribution in [0.1, 0.15) is 31.2 Å². The van der Waals surface area contributed by atoms with E-state index in [2.05, 4.69) is 10.4 Å². The number of carbonyl (C=O) groups excluding carboxylic acids is 2. The predicted octanol–water partition coefficient (Wildman–Crippen LogP) is 0.709. The fraction of sp³-hybridized carbons (Fsp3) is 0.667. The third-order valence-corrected chi connectivity index (χ3v) is 4.21. The summed E-state index contributed by atoms with van der Waals surface area (Å²) in [6.07, 6.45) is 7.14. The summed E-state index contributed by atoms with van der Waals surface area (Å²) in [5, 5.41) is 7.16. The third-order valence-electron chi connectivity index (χ3n) is 4.21. The number of nitrogens with zero attached hydrogens (tertiary/aromatic N) is 3. The second kappa shape index (κ2) is 5.87. The van der Waals surface area contributed by atoms with Crippen molar-refractivity contribution in [3.05, 3.63) is 18.0 Å². The molecule has 21 heavy (non-hydrogen) atoms. The molecule has 0 unspecified atom stereocenters. The van der Waals surface area contributed by atoms with Crippen molar-refractivity contribution in [1.82, 2.24) is 20.0 Å². The van der Waals surface area contributed by atoms with Crippen LogP contribution in [0.3, 0.4) is 0 Å². The zero-order chi connectivity index (χ0) is 14.8. The lowest BCUT2D eigenvalue weighted by Gasteiger charge is -2.32. The van der Waals surface area contributed by atoms with Gasteiger partial charge in [-0.05, 0) is 31.7 Å². The smallest absolute Gasteiger partial charge is 0.224 e. The molecule has 1 N–H and O–H groups in total. The van der Waals surface area contributed by atoms with Crippen LogP contribution in [0, 0.1) is 12.8 Å². The van der Waals surface area contributed by atoms with Gasteiger partial charge in [0, 0.05) is 31.7 Å². The maximum absolute atomic E-state index is 12.2. The van der Waals surface area contributed by atoms with E-state index in [0.29, 0.717) is 38.5 Å². The molecule has 2 heterocycles. The first-order chi connectivity index (χ1) is 10.1. The van der Waals surface area contributed by atoms with E-state index in [9.17, 15) is 9.59 Å². The van der Waals surface area contributed by atoms with Gasteiger partial charge in [0.05, 0.1) is 18.7 Å². The van der Waals surface area contributed by atoms with E-state index in [1.807, 2.05) is 28.9 Å². The molecule has 1 aliphatic carbocycles. The Bertz CT molecular complexity index is 536. The fourth-order valence-corrected chi connectivity index (χ4v) is 2.85. The molecule has 1 saturated carbocycles. The minimum Gasteiger partial charge on any atom is -0.354 e. The number of carbonyl (C=O) groups is 2. The maximum Gasteiger partial charge on any atom is 0.224 e. The second-order valence-corrected chi connectivity index (χ2v) is 6.08. The van der Waals surface area contributed by atoms with Crippen molar-refractivity contribution in [3.8, 4) is 0 Å². The largest absolute Gasteiger partial charge is 0.354 e. The molecular formula is C15H22N4O2. The number of rotatable bonds is 5. The minimum atomic E-state index is -0.0531. The van der Waals surface area contributed by atoms with Gasteiger partial charge < -0.3 is 10.2 Å². The molecule has 1 aromatic rings. The van der Waals surface area contributed by atoms with E-state index in [4.69, 9.17) is 0 Å². The zero-order valence-electron chi connectivity index (χ0n) is 12.4. The van der Waals surface area contributed by atoms with Crippen molar-refractivity contribution >= 4 is 11.8 Å². The van der Waals surface area contributed by atoms with Crippen LogP contribution >= 0.6 is 0 Å². The van der Waals surface area contributed by atoms with Crippen molar-refractivity contribution in [2.45, 2.75) is 45.2 Å². The number of hydrogen-bond donors (Lipinski definition) is 1. The second-order valence-electron chi connectivity index (χ2n) is 6.08. The molecule has 6 heteroatoms. The molecule has 114 valence electrons. The van der Waals surface area contributed by atoms with Crippen molar-refractivity contribution in [1.29, 1.82) is 0 Å². The van der Waals surface area contributed by atoms with E-state index < -0.39 is 0 Å². The summed E-state index contributed by atoms with van der Waals surface area (Å²) in [5.74, 6) is 0.230. The highest BCUT2D eigenvalue weighted by Gasteiger charge is 2.38. The summed E-state index contributed by atoms with van der Waals surface area (Å²) >= 11 is 0. The quantitative estimate of drug-likeness (QED) is 0.868. The number of piperidine rings is 1. The standard InChI is InChI=1S/C15H22N4O2/c1-11-8-17-18(9-11)7-6-16-15(21)12-2-5-14(20)19(10-12)13-3-4-13/h8-9,12-13H,2-7,10H2,1H3,(H,16,21)/t12-/m1/s1. The van der Waals surface area contributed by atoms with Gasteiger partial charge >= 0.3 is 0 Å². The maximum atomic E-state index is 12.2. The van der Waals surface area contributed by atoms with Crippen LogP contribution in [0.2, 0.25) is 0 Å². The average Bonchev–Trinajstić information content (AvgIpc) is 3.22. The van der Waals surface area contributed by atoms with Gasteiger partial charge in [-0.2, -0.15) is 5.10 Å². The van der Waals surface area contributed by atoms with Crippen LogP contribution < -0.4 is 5.32 Å². The van der Waals surface area contributed by atoms with E-state index >= 15 is 0 Å². The lowest BCUT2D eigenvalue weighted by molar-refractivity contribution is -0.138. The highest BCUT2D eigenvalue weighted by atomic mass is 16.2. The molecule has 1 atom stereocenters. The molecule has 2 amide bonds. The van der Waals surface area contributed by atoms with Crippen LogP contribution in [0.5, 0.6) is 0 Å². The summed E-state index contributed by atoms with van der Waals surface area (Å²) in [4.78, 5) is 25.9. The number of nitrogens with one attached hydrogen (secondary N) is 1. The van der Waals surface area contributed by atoms with E-state index in [0.717, 1.165) is 18.4 Å². The van der Waals surface area contributed by atoms with Gasteiger partial charge in [0.15, 0.2) is 0 Å². The molecule has 1 saturated heterocycles. The Morgan fingerprint density at radius 2 is 2.24 bits per heavy atom. The van der Waals surface area contributed by atoms with E-state index in [1.54, 1.807) is 0 Å². The lowest BCUT2D eigenvalue weighted by Crippen LogP contribution is -2.47. The van der Waals surface area contributed by atoms with Crippen LogP contribution in [0.15, 0.2) is 12.4 Å². The Balaban J connectivity index is 1.45. The Labute approximate surface area is 124 Å². The Kier molecular flexibility index (Phi) is 3.94. The molecule has 1 aliphatic heterocycles. The number of amides is 2. The summed E-state index contributed by atoms with van der Waals surface area (Å²) in [7, 11) is 0. The number of likely N-dealkylation sites (tertiary alicyclic amines) is 1. The van der Waals surface area contributed by atoms with Gasteiger partial charge in [-0.3, -0.25) is 14.3 Å². The number of aromatic nitrogens is 2. The van der Waals surface area contributed by atoms with Crippen molar-refractivity contribution in [3.63, 3.8) is 0 Å². The molecule has 2 aliphatic rings. The van der Waals surface area contributed by atoms with Gasteiger partial charge in [-0.1, -0.05) is 0 Å². The molecular weight excluding hydrogens is 268 g/mol. The van der Waals surface area contributed by atoms with Gasteiger partial charge in [-0.25, -0.2) is 0 Å². The summed E-state index contributed by atoms with van der Waals surface area (Å²) in [6, 6.07) is 0.403. The number of hydrogen-bond acceptors (Lipinski definition) is 3. The van der Waals surface area contributed by atoms with E-state index in [1.165, 1.54) is 0 Å².